The molecule has 4 heterocycles. The van der Waals surface area contributed by atoms with Gasteiger partial charge in [0.05, 0.1) is 11.0 Å². The van der Waals surface area contributed by atoms with Crippen LogP contribution >= 0.6 is 0 Å². The molecule has 0 radical (unpaired) electrons. The molecule has 0 saturated carbocycles. The van der Waals surface area contributed by atoms with Crippen molar-refractivity contribution in [2.24, 2.45) is 0 Å². The fourth-order valence-corrected chi connectivity index (χ4v) is 7.52. The number of hydrogen-bond acceptors (Lipinski definition) is 1. The molecule has 0 spiro atoms. The molecule has 0 atom stereocenters. The minimum Gasteiger partial charge on any atom is -0.345 e. The lowest BCUT2D eigenvalue weighted by Crippen LogP contribution is -2.60. The zero-order valence-corrected chi connectivity index (χ0v) is 22.2. The molecule has 0 aliphatic carbocycles. The fourth-order valence-electron chi connectivity index (χ4n) is 7.52. The Morgan fingerprint density at radius 2 is 1.23 bits per heavy atom. The Labute approximate surface area is 227 Å². The van der Waals surface area contributed by atoms with E-state index >= 15 is 0 Å². The molecule has 0 saturated heterocycles. The first-order chi connectivity index (χ1) is 19.1. The number of rotatable bonds is 1. The van der Waals surface area contributed by atoms with E-state index in [0.29, 0.717) is 0 Å². The van der Waals surface area contributed by atoms with Crippen LogP contribution in [-0.2, 0) is 0 Å². The quantitative estimate of drug-likeness (QED) is 0.243. The molecule has 0 bridgehead atoms. The van der Waals surface area contributed by atoms with Crippen molar-refractivity contribution >= 4 is 67.2 Å². The van der Waals surface area contributed by atoms with Crippen molar-refractivity contribution in [3.8, 4) is 11.4 Å². The number of aryl methyl sites for hydroxylation is 1. The average molecular weight is 499 g/mol. The fraction of sp³-hybridized carbons (Fsp3) is 0.0857. The van der Waals surface area contributed by atoms with Gasteiger partial charge in [0, 0.05) is 57.2 Å². The van der Waals surface area contributed by atoms with Crippen LogP contribution in [0.3, 0.4) is 0 Å². The summed E-state index contributed by atoms with van der Waals surface area (Å²) in [7, 11) is 2.23. The molecule has 2 aliphatic rings. The summed E-state index contributed by atoms with van der Waals surface area (Å²) >= 11 is 0. The zero-order valence-electron chi connectivity index (χ0n) is 22.2. The van der Waals surface area contributed by atoms with Gasteiger partial charge in [-0.1, -0.05) is 66.7 Å². The highest BCUT2D eigenvalue weighted by Crippen LogP contribution is 2.38. The second-order valence-electron chi connectivity index (χ2n) is 11.1. The van der Waals surface area contributed by atoms with Gasteiger partial charge in [0.25, 0.3) is 6.71 Å². The Balaban J connectivity index is 1.35. The van der Waals surface area contributed by atoms with Gasteiger partial charge in [-0.15, -0.1) is 0 Å². The summed E-state index contributed by atoms with van der Waals surface area (Å²) < 4.78 is 4.92. The standard InChI is InChI=1S/C35H26BN3/c1-21-22(2)38-32-17-9-16-31-34(32)36(28-13-8-12-24(21)35(28)38)27-19-18-23(20-33(27)37(31)3)39-29-14-6-4-10-25(29)26-11-5-7-15-30(26)39/h4-20H,1-3H3. The van der Waals surface area contributed by atoms with Crippen LogP contribution in [0.15, 0.2) is 103 Å². The van der Waals surface area contributed by atoms with Crippen molar-refractivity contribution in [1.82, 2.24) is 9.13 Å². The van der Waals surface area contributed by atoms with E-state index in [0.717, 1.165) is 0 Å². The average Bonchev–Trinajstić information content (AvgIpc) is 3.45. The van der Waals surface area contributed by atoms with Crippen LogP contribution in [-0.4, -0.2) is 22.9 Å². The van der Waals surface area contributed by atoms with Crippen LogP contribution in [0.25, 0.3) is 44.1 Å². The second kappa shape index (κ2) is 7.24. The van der Waals surface area contributed by atoms with Crippen LogP contribution in [0.4, 0.5) is 11.4 Å². The predicted molar refractivity (Wildman–Crippen MR) is 166 cm³/mol. The molecule has 0 N–H and O–H groups in total. The highest BCUT2D eigenvalue weighted by Gasteiger charge is 2.40. The molecule has 9 rings (SSSR count). The van der Waals surface area contributed by atoms with Gasteiger partial charge in [-0.25, -0.2) is 0 Å². The number of anilines is 2. The maximum absolute atomic E-state index is 2.50. The van der Waals surface area contributed by atoms with Crippen LogP contribution < -0.4 is 21.3 Å². The van der Waals surface area contributed by atoms with Gasteiger partial charge >= 0.3 is 0 Å². The molecule has 7 aromatic rings. The van der Waals surface area contributed by atoms with Crippen molar-refractivity contribution in [2.45, 2.75) is 13.8 Å². The molecule has 3 nitrogen and oxygen atoms in total. The van der Waals surface area contributed by atoms with Crippen LogP contribution in [0.5, 0.6) is 0 Å². The number of hydrogen-bond donors (Lipinski definition) is 0. The summed E-state index contributed by atoms with van der Waals surface area (Å²) in [6.45, 7) is 4.73. The van der Waals surface area contributed by atoms with Crippen molar-refractivity contribution < 1.29 is 0 Å². The third kappa shape index (κ3) is 2.50. The molecule has 0 amide bonds. The van der Waals surface area contributed by atoms with E-state index in [1.807, 2.05) is 0 Å². The number of benzene rings is 5. The van der Waals surface area contributed by atoms with Crippen LogP contribution in [0, 0.1) is 13.8 Å². The maximum atomic E-state index is 2.50. The lowest BCUT2D eigenvalue weighted by molar-refractivity contribution is 1.04. The number of aromatic nitrogens is 2. The molecular weight excluding hydrogens is 473 g/mol. The highest BCUT2D eigenvalue weighted by atomic mass is 15.1. The third-order valence-electron chi connectivity index (χ3n) is 9.36. The van der Waals surface area contributed by atoms with Gasteiger partial charge in [0.1, 0.15) is 0 Å². The van der Waals surface area contributed by atoms with E-state index in [4.69, 9.17) is 0 Å². The van der Waals surface area contributed by atoms with Crippen molar-refractivity contribution in [2.75, 3.05) is 11.9 Å². The highest BCUT2D eigenvalue weighted by molar-refractivity contribution is 7.00. The minimum absolute atomic E-state index is 0.208. The Kier molecular flexibility index (Phi) is 3.94. The monoisotopic (exact) mass is 499 g/mol. The normalized spacial score (nSPS) is 13.4. The number of nitrogens with zero attached hydrogens (tertiary/aromatic N) is 3. The molecule has 39 heavy (non-hydrogen) atoms. The van der Waals surface area contributed by atoms with E-state index in [9.17, 15) is 0 Å². The molecule has 184 valence electrons. The largest absolute Gasteiger partial charge is 0.345 e. The molecule has 2 aromatic heterocycles. The van der Waals surface area contributed by atoms with Gasteiger partial charge in [0.2, 0.25) is 0 Å². The number of para-hydroxylation sites is 3. The Hall–Kier alpha value is -4.70. The summed E-state index contributed by atoms with van der Waals surface area (Å²) in [4.78, 5) is 2.40. The van der Waals surface area contributed by atoms with E-state index in [-0.39, 0.29) is 6.71 Å². The maximum Gasteiger partial charge on any atom is 0.252 e. The SMILES string of the molecule is Cc1c(C)n2c3c(cccc13)B1c3ccc(-n4c5ccccc5c5ccccc54)cc3N(C)c3cccc-2c31. The lowest BCUT2D eigenvalue weighted by atomic mass is 9.34. The first-order valence-electron chi connectivity index (χ1n) is 13.7. The topological polar surface area (TPSA) is 13.1 Å². The smallest absolute Gasteiger partial charge is 0.252 e. The molecule has 0 unspecified atom stereocenters. The number of fused-ring (bicyclic) bond motifs is 7. The van der Waals surface area contributed by atoms with Crippen LogP contribution in [0.1, 0.15) is 11.3 Å². The van der Waals surface area contributed by atoms with Gasteiger partial charge < -0.3 is 14.0 Å². The Morgan fingerprint density at radius 3 is 2.00 bits per heavy atom. The Morgan fingerprint density at radius 1 is 0.564 bits per heavy atom. The van der Waals surface area contributed by atoms with E-state index < -0.39 is 0 Å². The van der Waals surface area contributed by atoms with E-state index in [1.54, 1.807) is 0 Å². The van der Waals surface area contributed by atoms with Gasteiger partial charge in [-0.3, -0.25) is 0 Å². The van der Waals surface area contributed by atoms with Crippen molar-refractivity contribution in [3.05, 3.63) is 114 Å². The first kappa shape index (κ1) is 21.3. The molecule has 0 fully saturated rings. The summed E-state index contributed by atoms with van der Waals surface area (Å²) in [5, 5.41) is 3.95. The van der Waals surface area contributed by atoms with Gasteiger partial charge in [0.15, 0.2) is 0 Å². The molecule has 5 aromatic carbocycles. The molecule has 4 heteroatoms. The minimum atomic E-state index is 0.208. The van der Waals surface area contributed by atoms with Crippen LogP contribution in [0.2, 0.25) is 0 Å². The zero-order chi connectivity index (χ0) is 26.0. The summed E-state index contributed by atoms with van der Waals surface area (Å²) in [5.74, 6) is 0. The second-order valence-corrected chi connectivity index (χ2v) is 11.1. The summed E-state index contributed by atoms with van der Waals surface area (Å²) in [6.07, 6.45) is 0. The van der Waals surface area contributed by atoms with Gasteiger partial charge in [-0.05, 0) is 72.2 Å². The summed E-state index contributed by atoms with van der Waals surface area (Å²) in [6, 6.07) is 38.3. The molecular formula is C35H26BN3. The van der Waals surface area contributed by atoms with E-state index in [1.165, 1.54) is 83.1 Å². The van der Waals surface area contributed by atoms with E-state index in [2.05, 4.69) is 138 Å². The third-order valence-corrected chi connectivity index (χ3v) is 9.36. The first-order valence-corrected chi connectivity index (χ1v) is 13.7. The van der Waals surface area contributed by atoms with Crippen molar-refractivity contribution in [1.29, 1.82) is 0 Å². The van der Waals surface area contributed by atoms with Gasteiger partial charge in [-0.2, -0.15) is 0 Å². The Bertz CT molecular complexity index is 2130. The lowest BCUT2D eigenvalue weighted by Gasteiger charge is -2.38. The molecule has 2 aliphatic heterocycles. The van der Waals surface area contributed by atoms with Crippen molar-refractivity contribution in [3.63, 3.8) is 0 Å². The predicted octanol–water partition coefficient (Wildman–Crippen LogP) is 6.26. The summed E-state index contributed by atoms with van der Waals surface area (Å²) in [5.41, 5.74) is 15.8.